The van der Waals surface area contributed by atoms with Crippen LogP contribution in [0.4, 0.5) is 9.59 Å². The van der Waals surface area contributed by atoms with Crippen molar-refractivity contribution in [1.82, 2.24) is 40.4 Å². The molecule has 4 N–H and O–H groups in total. The molecule has 0 radical (unpaired) electrons. The lowest BCUT2D eigenvalue weighted by atomic mass is 9.90. The van der Waals surface area contributed by atoms with E-state index >= 15 is 0 Å². The van der Waals surface area contributed by atoms with E-state index in [4.69, 9.17) is 28.9 Å². The highest BCUT2D eigenvalue weighted by molar-refractivity contribution is 5.89. The van der Waals surface area contributed by atoms with Crippen molar-refractivity contribution in [2.45, 2.75) is 84.3 Å². The zero-order chi connectivity index (χ0) is 44.1. The van der Waals surface area contributed by atoms with Crippen LogP contribution in [-0.2, 0) is 28.5 Å². The summed E-state index contributed by atoms with van der Waals surface area (Å²) in [5.74, 6) is -0.369. The summed E-state index contributed by atoms with van der Waals surface area (Å²) >= 11 is 0. The van der Waals surface area contributed by atoms with Crippen LogP contribution in [0.3, 0.4) is 0 Å². The Morgan fingerprint density at radius 3 is 1.52 bits per heavy atom. The van der Waals surface area contributed by atoms with Gasteiger partial charge in [-0.1, -0.05) is 77.9 Å². The Morgan fingerprint density at radius 1 is 0.661 bits per heavy atom. The van der Waals surface area contributed by atoms with Crippen LogP contribution < -0.4 is 10.6 Å². The van der Waals surface area contributed by atoms with Gasteiger partial charge < -0.3 is 49.3 Å². The summed E-state index contributed by atoms with van der Waals surface area (Å²) < 4.78 is 21.7. The first-order valence-electron chi connectivity index (χ1n) is 21.3. The van der Waals surface area contributed by atoms with Gasteiger partial charge in [-0.2, -0.15) is 0 Å². The second kappa shape index (κ2) is 16.7. The summed E-state index contributed by atoms with van der Waals surface area (Å²) in [6, 6.07) is 18.2. The summed E-state index contributed by atoms with van der Waals surface area (Å²) in [7, 11) is 2.57. The smallest absolute Gasteiger partial charge is 0.407 e. The Bertz CT molecular complexity index is 2490. The molecule has 16 heteroatoms. The van der Waals surface area contributed by atoms with Gasteiger partial charge in [-0.05, 0) is 70.2 Å². The molecule has 62 heavy (non-hydrogen) atoms. The molecule has 16 nitrogen and oxygen atoms in total. The van der Waals surface area contributed by atoms with Crippen LogP contribution in [-0.4, -0.2) is 112 Å². The Hall–Kier alpha value is -6.00. The monoisotopic (exact) mass is 848 g/mol. The molecule has 0 saturated carbocycles. The van der Waals surface area contributed by atoms with Crippen molar-refractivity contribution in [2.75, 3.05) is 40.5 Å². The van der Waals surface area contributed by atoms with Gasteiger partial charge in [0, 0.05) is 13.0 Å². The number of hydrogen-bond acceptors (Lipinski definition) is 10. The number of likely N-dealkylation sites (tertiary alicyclic amines) is 2. The molecule has 1 spiro atoms. The lowest BCUT2D eigenvalue weighted by Gasteiger charge is -2.30. The third-order valence-corrected chi connectivity index (χ3v) is 12.4. The average molecular weight is 849 g/mol. The standard InChI is InChI=1S/C46H56N8O8/c1-25(2)37(51-43(57)59-7)41(55)53-23-45(5,6)21-35(53)39-47-31-15-13-29(19-33(31)49-39)27-9-11-28(12-10-27)30-14-16-32-34(20-30)50-40(48-32)36-22-46(61-17-18-62-46)24-54(36)42(56)38(26(3)4)52-44(58)60-8/h9-16,19-20,25-26,35-38H,17-18,21-24H2,1-8H3,(H,47,49)(H,48,50)(H,51,57)(H,52,58)/t35?,36?,37-,38?/m1/s1. The van der Waals surface area contributed by atoms with E-state index < -0.39 is 36.1 Å². The molecular formula is C46H56N8O8. The third kappa shape index (κ3) is 8.32. The molecule has 3 aliphatic rings. The number of nitrogens with one attached hydrogen (secondary N) is 4. The van der Waals surface area contributed by atoms with Crippen molar-refractivity contribution in [2.24, 2.45) is 17.3 Å². The van der Waals surface area contributed by atoms with Gasteiger partial charge in [0.15, 0.2) is 5.79 Å². The number of aromatic amines is 2. The molecule has 3 unspecified atom stereocenters. The highest BCUT2D eigenvalue weighted by Crippen LogP contribution is 2.44. The van der Waals surface area contributed by atoms with Crippen LogP contribution in [0.5, 0.6) is 0 Å². The number of aromatic nitrogens is 4. The largest absolute Gasteiger partial charge is 0.453 e. The molecule has 5 aromatic rings. The number of H-pyrrole nitrogens is 2. The number of ether oxygens (including phenoxy) is 4. The second-order valence-electron chi connectivity index (χ2n) is 18.1. The minimum absolute atomic E-state index is 0.137. The molecule has 5 heterocycles. The van der Waals surface area contributed by atoms with Crippen molar-refractivity contribution in [3.63, 3.8) is 0 Å². The van der Waals surface area contributed by atoms with E-state index in [0.29, 0.717) is 37.8 Å². The molecule has 0 aliphatic carbocycles. The maximum absolute atomic E-state index is 14.1. The van der Waals surface area contributed by atoms with Gasteiger partial charge in [0.25, 0.3) is 0 Å². The number of methoxy groups -OCH3 is 2. The Balaban J connectivity index is 1.01. The molecule has 4 atom stereocenters. The number of hydrogen-bond donors (Lipinski definition) is 4. The zero-order valence-electron chi connectivity index (χ0n) is 36.5. The molecule has 3 fully saturated rings. The molecule has 3 aliphatic heterocycles. The average Bonchev–Trinajstić information content (AvgIpc) is 4.10. The number of imidazole rings is 2. The van der Waals surface area contributed by atoms with Gasteiger partial charge in [0.05, 0.1) is 68.1 Å². The van der Waals surface area contributed by atoms with E-state index in [1.807, 2.05) is 50.8 Å². The predicted octanol–water partition coefficient (Wildman–Crippen LogP) is 6.85. The van der Waals surface area contributed by atoms with Crippen molar-refractivity contribution in [1.29, 1.82) is 0 Å². The third-order valence-electron chi connectivity index (χ3n) is 12.4. The summed E-state index contributed by atoms with van der Waals surface area (Å²) in [6.07, 6.45) is -0.190. The summed E-state index contributed by atoms with van der Waals surface area (Å²) in [5.41, 5.74) is 7.16. The van der Waals surface area contributed by atoms with Crippen LogP contribution >= 0.6 is 0 Å². The molecule has 8 rings (SSSR count). The topological polar surface area (TPSA) is 193 Å². The quantitative estimate of drug-likeness (QED) is 0.116. The van der Waals surface area contributed by atoms with Gasteiger partial charge in [0.1, 0.15) is 23.7 Å². The number of carbonyl (C=O) groups excluding carboxylic acids is 4. The molecule has 3 aromatic carbocycles. The summed E-state index contributed by atoms with van der Waals surface area (Å²) in [6.45, 7) is 13.5. The number of amides is 4. The molecule has 3 saturated heterocycles. The number of benzene rings is 3. The maximum Gasteiger partial charge on any atom is 0.407 e. The van der Waals surface area contributed by atoms with Crippen LogP contribution in [0, 0.1) is 17.3 Å². The molecule has 2 aromatic heterocycles. The normalized spacial score (nSPS) is 20.4. The van der Waals surface area contributed by atoms with Crippen molar-refractivity contribution in [3.05, 3.63) is 72.3 Å². The lowest BCUT2D eigenvalue weighted by molar-refractivity contribution is -0.153. The van der Waals surface area contributed by atoms with Gasteiger partial charge >= 0.3 is 12.2 Å². The van der Waals surface area contributed by atoms with E-state index in [9.17, 15) is 19.2 Å². The minimum Gasteiger partial charge on any atom is -0.453 e. The van der Waals surface area contributed by atoms with Crippen molar-refractivity contribution in [3.8, 4) is 22.3 Å². The fraction of sp³-hybridized carbons (Fsp3) is 0.478. The Kier molecular flexibility index (Phi) is 11.5. The highest BCUT2D eigenvalue weighted by Gasteiger charge is 2.53. The van der Waals surface area contributed by atoms with Gasteiger partial charge in [-0.3, -0.25) is 9.59 Å². The number of carbonyl (C=O) groups is 4. The number of rotatable bonds is 10. The Labute approximate surface area is 360 Å². The summed E-state index contributed by atoms with van der Waals surface area (Å²) in [5, 5.41) is 5.44. The number of alkyl carbamates (subject to hydrolysis) is 2. The zero-order valence-corrected chi connectivity index (χ0v) is 36.5. The van der Waals surface area contributed by atoms with Gasteiger partial charge in [-0.15, -0.1) is 0 Å². The number of fused-ring (bicyclic) bond motifs is 2. The van der Waals surface area contributed by atoms with E-state index in [2.05, 4.69) is 76.9 Å². The minimum atomic E-state index is -0.944. The SMILES string of the molecule is COC(=O)NC(C(=O)N1CC2(CC1c1nc3ccc(-c4ccc(-c5ccc6nc(C7CC(C)(C)CN7C(=O)[C@H](NC(=O)OC)C(C)C)[nH]c6c5)cc4)cc3[nH]1)OCCO2)C(C)C. The second-order valence-corrected chi connectivity index (χ2v) is 18.1. The predicted molar refractivity (Wildman–Crippen MR) is 232 cm³/mol. The highest BCUT2D eigenvalue weighted by atomic mass is 16.7. The van der Waals surface area contributed by atoms with Crippen LogP contribution in [0.25, 0.3) is 44.3 Å². The van der Waals surface area contributed by atoms with E-state index in [-0.39, 0.29) is 41.7 Å². The van der Waals surface area contributed by atoms with E-state index in [0.717, 1.165) is 50.7 Å². The molecular weight excluding hydrogens is 793 g/mol. The fourth-order valence-electron chi connectivity index (χ4n) is 9.11. The molecule has 0 bridgehead atoms. The van der Waals surface area contributed by atoms with Crippen molar-refractivity contribution >= 4 is 46.1 Å². The van der Waals surface area contributed by atoms with Gasteiger partial charge in [-0.25, -0.2) is 19.6 Å². The van der Waals surface area contributed by atoms with E-state index in [1.165, 1.54) is 14.2 Å². The first-order valence-corrected chi connectivity index (χ1v) is 21.3. The maximum atomic E-state index is 14.1. The molecule has 4 amide bonds. The van der Waals surface area contributed by atoms with E-state index in [1.54, 1.807) is 4.90 Å². The van der Waals surface area contributed by atoms with Crippen molar-refractivity contribution < 1.29 is 38.1 Å². The number of nitrogens with zero attached hydrogens (tertiary/aromatic N) is 4. The van der Waals surface area contributed by atoms with Crippen LogP contribution in [0.15, 0.2) is 60.7 Å². The first-order chi connectivity index (χ1) is 29.6. The van der Waals surface area contributed by atoms with Crippen LogP contribution in [0.2, 0.25) is 0 Å². The van der Waals surface area contributed by atoms with Crippen LogP contribution in [0.1, 0.15) is 78.1 Å². The fourth-order valence-corrected chi connectivity index (χ4v) is 9.11. The Morgan fingerprint density at radius 2 is 1.08 bits per heavy atom. The van der Waals surface area contributed by atoms with Gasteiger partial charge in [0.2, 0.25) is 11.8 Å². The lowest BCUT2D eigenvalue weighted by Crippen LogP contribution is -2.52. The molecule has 328 valence electrons. The first kappa shape index (κ1) is 42.7. The summed E-state index contributed by atoms with van der Waals surface area (Å²) in [4.78, 5) is 72.8.